The molecule has 2 N–H and O–H groups in total. The van der Waals surface area contributed by atoms with E-state index in [0.29, 0.717) is 24.9 Å². The molecule has 4 rings (SSSR count). The number of nitrogens with two attached hydrogens (primary N) is 1. The average molecular weight is 565 g/mol. The van der Waals surface area contributed by atoms with Gasteiger partial charge in [-0.2, -0.15) is 0 Å². The van der Waals surface area contributed by atoms with Crippen molar-refractivity contribution < 1.29 is 17.9 Å². The summed E-state index contributed by atoms with van der Waals surface area (Å²) in [5.41, 5.74) is 9.02. The third kappa shape index (κ3) is 7.68. The molecule has 8 nitrogen and oxygen atoms in total. The van der Waals surface area contributed by atoms with E-state index in [1.807, 2.05) is 79.4 Å². The first-order valence-electron chi connectivity index (χ1n) is 13.8. The summed E-state index contributed by atoms with van der Waals surface area (Å²) in [4.78, 5) is 20.3. The highest BCUT2D eigenvalue weighted by molar-refractivity contribution is 7.92. The zero-order chi connectivity index (χ0) is 28.8. The SMILES string of the molecule is CCCN(c1cc(COCC(C)(N)Cc2ccccc2)cc(C(=O)N2CCCC2c2ccccc2)n1)S(C)(=O)=O. The summed E-state index contributed by atoms with van der Waals surface area (Å²) in [6.45, 7) is 5.18. The Kier molecular flexibility index (Phi) is 9.60. The van der Waals surface area contributed by atoms with Gasteiger partial charge in [-0.3, -0.25) is 9.10 Å². The van der Waals surface area contributed by atoms with E-state index in [1.165, 1.54) is 4.31 Å². The van der Waals surface area contributed by atoms with Crippen molar-refractivity contribution in [1.82, 2.24) is 9.88 Å². The van der Waals surface area contributed by atoms with Crippen molar-refractivity contribution >= 4 is 21.7 Å². The van der Waals surface area contributed by atoms with Crippen LogP contribution in [0.5, 0.6) is 0 Å². The van der Waals surface area contributed by atoms with Crippen LogP contribution >= 0.6 is 0 Å². The maximum Gasteiger partial charge on any atom is 0.273 e. The normalized spacial score (nSPS) is 17.0. The molecule has 1 amide bonds. The van der Waals surface area contributed by atoms with E-state index in [9.17, 15) is 13.2 Å². The van der Waals surface area contributed by atoms with Crippen LogP contribution in [0.3, 0.4) is 0 Å². The Morgan fingerprint density at radius 1 is 1.10 bits per heavy atom. The number of aromatic nitrogens is 1. The van der Waals surface area contributed by atoms with Crippen molar-refractivity contribution in [2.24, 2.45) is 5.73 Å². The number of sulfonamides is 1. The molecule has 2 unspecified atom stereocenters. The second-order valence-corrected chi connectivity index (χ2v) is 12.8. The van der Waals surface area contributed by atoms with E-state index in [2.05, 4.69) is 4.98 Å². The molecule has 1 aromatic heterocycles. The number of carbonyl (C=O) groups is 1. The van der Waals surface area contributed by atoms with Crippen LogP contribution in [0.2, 0.25) is 0 Å². The predicted molar refractivity (Wildman–Crippen MR) is 159 cm³/mol. The van der Waals surface area contributed by atoms with Crippen LogP contribution in [-0.4, -0.2) is 55.7 Å². The highest BCUT2D eigenvalue weighted by Gasteiger charge is 2.32. The number of hydrogen-bond donors (Lipinski definition) is 1. The summed E-state index contributed by atoms with van der Waals surface area (Å²) in [6.07, 6.45) is 4.17. The minimum absolute atomic E-state index is 0.0450. The lowest BCUT2D eigenvalue weighted by molar-refractivity contribution is 0.0724. The highest BCUT2D eigenvalue weighted by atomic mass is 32.2. The van der Waals surface area contributed by atoms with Crippen LogP contribution in [-0.2, 0) is 27.8 Å². The number of hydrogen-bond acceptors (Lipinski definition) is 6. The molecule has 2 heterocycles. The predicted octanol–water partition coefficient (Wildman–Crippen LogP) is 4.71. The fraction of sp³-hybridized carbons (Fsp3) is 0.419. The van der Waals surface area contributed by atoms with Crippen molar-refractivity contribution in [3.8, 4) is 0 Å². The van der Waals surface area contributed by atoms with Crippen LogP contribution < -0.4 is 10.0 Å². The van der Waals surface area contributed by atoms with E-state index in [0.717, 1.165) is 30.2 Å². The molecule has 0 spiro atoms. The lowest BCUT2D eigenvalue weighted by atomic mass is 9.95. The quantitative estimate of drug-likeness (QED) is 0.342. The van der Waals surface area contributed by atoms with Crippen LogP contribution in [0.25, 0.3) is 0 Å². The fourth-order valence-electron chi connectivity index (χ4n) is 5.24. The molecular formula is C31H40N4O4S. The fourth-order valence-corrected chi connectivity index (χ4v) is 6.19. The maximum absolute atomic E-state index is 13.8. The zero-order valence-corrected chi connectivity index (χ0v) is 24.4. The van der Waals surface area contributed by atoms with Gasteiger partial charge in [-0.1, -0.05) is 67.6 Å². The van der Waals surface area contributed by atoms with Gasteiger partial charge in [0, 0.05) is 18.6 Å². The number of pyridine rings is 1. The van der Waals surface area contributed by atoms with Gasteiger partial charge in [-0.15, -0.1) is 0 Å². The van der Waals surface area contributed by atoms with Gasteiger partial charge >= 0.3 is 0 Å². The van der Waals surface area contributed by atoms with Crippen molar-refractivity contribution in [3.05, 3.63) is 95.2 Å². The van der Waals surface area contributed by atoms with Crippen LogP contribution in [0.1, 0.15) is 66.3 Å². The Morgan fingerprint density at radius 2 is 1.77 bits per heavy atom. The van der Waals surface area contributed by atoms with E-state index in [-0.39, 0.29) is 43.2 Å². The lowest BCUT2D eigenvalue weighted by Crippen LogP contribution is -2.43. The number of benzene rings is 2. The average Bonchev–Trinajstić information content (AvgIpc) is 3.41. The number of nitrogens with zero attached hydrogens (tertiary/aromatic N) is 3. The lowest BCUT2D eigenvalue weighted by Gasteiger charge is -2.27. The number of likely N-dealkylation sites (tertiary alicyclic amines) is 1. The topological polar surface area (TPSA) is 106 Å². The summed E-state index contributed by atoms with van der Waals surface area (Å²) in [6, 6.07) is 23.3. The molecule has 1 fully saturated rings. The van der Waals surface area contributed by atoms with Crippen molar-refractivity contribution in [2.45, 2.75) is 57.7 Å². The van der Waals surface area contributed by atoms with Gasteiger partial charge in [0.2, 0.25) is 10.0 Å². The summed E-state index contributed by atoms with van der Waals surface area (Å²) >= 11 is 0. The third-order valence-electron chi connectivity index (χ3n) is 7.02. The summed E-state index contributed by atoms with van der Waals surface area (Å²) in [7, 11) is -3.61. The Hall–Kier alpha value is -3.27. The van der Waals surface area contributed by atoms with Crippen LogP contribution in [0, 0.1) is 0 Å². The molecule has 1 aliphatic heterocycles. The Balaban J connectivity index is 1.59. The molecule has 0 bridgehead atoms. The molecule has 1 saturated heterocycles. The van der Waals surface area contributed by atoms with Crippen molar-refractivity contribution in [1.29, 1.82) is 0 Å². The zero-order valence-electron chi connectivity index (χ0n) is 23.6. The monoisotopic (exact) mass is 564 g/mol. The van der Waals surface area contributed by atoms with E-state index in [1.54, 1.807) is 12.1 Å². The van der Waals surface area contributed by atoms with E-state index < -0.39 is 15.6 Å². The van der Waals surface area contributed by atoms with E-state index >= 15 is 0 Å². The van der Waals surface area contributed by atoms with Gasteiger partial charge < -0.3 is 15.4 Å². The van der Waals surface area contributed by atoms with Gasteiger partial charge in [0.05, 0.1) is 25.5 Å². The molecule has 3 aromatic rings. The second-order valence-electron chi connectivity index (χ2n) is 10.9. The maximum atomic E-state index is 13.8. The molecule has 2 atom stereocenters. The van der Waals surface area contributed by atoms with E-state index in [4.69, 9.17) is 10.5 Å². The largest absolute Gasteiger partial charge is 0.375 e. The molecule has 40 heavy (non-hydrogen) atoms. The highest BCUT2D eigenvalue weighted by Crippen LogP contribution is 2.33. The molecule has 0 radical (unpaired) electrons. The summed E-state index contributed by atoms with van der Waals surface area (Å²) < 4.78 is 32.6. The molecule has 1 aliphatic rings. The first-order chi connectivity index (χ1) is 19.1. The molecule has 0 aliphatic carbocycles. The minimum atomic E-state index is -3.61. The van der Waals surface area contributed by atoms with Gasteiger partial charge in [-0.25, -0.2) is 13.4 Å². The van der Waals surface area contributed by atoms with Crippen LogP contribution in [0.4, 0.5) is 5.82 Å². The van der Waals surface area contributed by atoms with Crippen molar-refractivity contribution in [3.63, 3.8) is 0 Å². The Labute approximate surface area is 238 Å². The number of amides is 1. The second kappa shape index (κ2) is 12.9. The number of ether oxygens (including phenoxy) is 1. The third-order valence-corrected chi connectivity index (χ3v) is 8.19. The first-order valence-corrected chi connectivity index (χ1v) is 15.7. The number of carbonyl (C=O) groups excluding carboxylic acids is 1. The van der Waals surface area contributed by atoms with Gasteiger partial charge in [-0.05, 0) is 61.4 Å². The standard InChI is InChI=1S/C31H40N4O4S/c1-4-17-35(40(3,37)38)29-20-25(22-39-23-31(2,32)21-24-12-7-5-8-13-24)19-27(33-29)30(36)34-18-11-16-28(34)26-14-9-6-10-15-26/h5-10,12-15,19-20,28H,4,11,16-18,21-23,32H2,1-3H3. The smallest absolute Gasteiger partial charge is 0.273 e. The molecular weight excluding hydrogens is 524 g/mol. The van der Waals surface area contributed by atoms with Crippen molar-refractivity contribution in [2.75, 3.05) is 30.3 Å². The number of anilines is 1. The summed E-state index contributed by atoms with van der Waals surface area (Å²) in [5, 5.41) is 0. The van der Waals surface area contributed by atoms with Crippen LogP contribution in [0.15, 0.2) is 72.8 Å². The molecule has 0 saturated carbocycles. The minimum Gasteiger partial charge on any atom is -0.375 e. The first kappa shape index (κ1) is 29.7. The molecule has 214 valence electrons. The van der Waals surface area contributed by atoms with Gasteiger partial charge in [0.25, 0.3) is 5.91 Å². The molecule has 2 aromatic carbocycles. The number of rotatable bonds is 12. The summed E-state index contributed by atoms with van der Waals surface area (Å²) in [5.74, 6) is 0.0104. The van der Waals surface area contributed by atoms with Gasteiger partial charge in [0.1, 0.15) is 11.5 Å². The van der Waals surface area contributed by atoms with Gasteiger partial charge in [0.15, 0.2) is 0 Å². The Bertz CT molecular complexity index is 1380. The Morgan fingerprint density at radius 3 is 2.42 bits per heavy atom. The molecule has 9 heteroatoms.